The molecule has 0 spiro atoms. The lowest BCUT2D eigenvalue weighted by Crippen LogP contribution is -2.49. The molecule has 1 amide bonds. The molecule has 17 nitrogen and oxygen atoms in total. The second-order valence-corrected chi connectivity index (χ2v) is 34.0. The molecular weight excluding hydrogens is 1260 g/mol. The predicted octanol–water partition coefficient (Wildman–Crippen LogP) is 14.6. The summed E-state index contributed by atoms with van der Waals surface area (Å²) >= 11 is 0. The Morgan fingerprint density at radius 2 is 0.792 bits per heavy atom. The smallest absolute Gasteiger partial charge is 0.222 e. The maximum absolute atomic E-state index is 11.4. The van der Waals surface area contributed by atoms with Gasteiger partial charge in [-0.2, -0.15) is 0 Å². The zero-order valence-corrected chi connectivity index (χ0v) is 71.9. The third-order valence-corrected chi connectivity index (χ3v) is 20.8. The third-order valence-electron chi connectivity index (χ3n) is 20.8. The molecule has 1 atom stereocenters. The van der Waals surface area contributed by atoms with Gasteiger partial charge in [0, 0.05) is 130 Å². The van der Waals surface area contributed by atoms with Crippen LogP contribution in [0.15, 0.2) is 0 Å². The number of likely N-dealkylation sites (tertiary alicyclic amines) is 7. The zero-order chi connectivity index (χ0) is 75.7. The van der Waals surface area contributed by atoms with Crippen molar-refractivity contribution in [1.82, 2.24) is 49.0 Å². The van der Waals surface area contributed by atoms with Crippen molar-refractivity contribution in [2.75, 3.05) is 206 Å². The van der Waals surface area contributed by atoms with E-state index in [0.717, 1.165) is 94.9 Å². The Kier molecular flexibility index (Phi) is 57.9. The Morgan fingerprint density at radius 3 is 1.13 bits per heavy atom. The molecule has 0 saturated carbocycles. The number of nitrogens with zero attached hydrogens (tertiary/aromatic N) is 10. The number of rotatable bonds is 27. The number of ether oxygens (including phenoxy) is 6. The molecule has 0 radical (unpaired) electrons. The van der Waals surface area contributed by atoms with Crippen LogP contribution in [0.5, 0.6) is 0 Å². The highest BCUT2D eigenvalue weighted by atomic mass is 16.5. The first-order valence-corrected chi connectivity index (χ1v) is 42.4. The summed E-state index contributed by atoms with van der Waals surface area (Å²) in [6.07, 6.45) is 24.6. The minimum absolute atomic E-state index is 0.300. The van der Waals surface area contributed by atoms with E-state index < -0.39 is 0 Å². The van der Waals surface area contributed by atoms with Gasteiger partial charge in [0.05, 0.1) is 48.8 Å². The van der Waals surface area contributed by atoms with Crippen molar-refractivity contribution in [2.45, 2.75) is 309 Å². The Balaban J connectivity index is 0.000000578. The van der Waals surface area contributed by atoms with Crippen LogP contribution in [0, 0.1) is 29.6 Å². The Morgan fingerprint density at radius 1 is 0.406 bits per heavy atom. The fraction of sp³-hybridized carbons (Fsp3) is 0.988. The minimum atomic E-state index is 0.300. The molecule has 8 rings (SSSR count). The van der Waals surface area contributed by atoms with Gasteiger partial charge in [0.15, 0.2) is 0 Å². The number of piperazine rings is 1. The summed E-state index contributed by atoms with van der Waals surface area (Å²) in [7, 11) is 10.9. The number of piperidine rings is 6. The number of unbranched alkanes of at least 4 members (excludes halogenated alkanes) is 1. The molecule has 8 saturated heterocycles. The predicted molar refractivity (Wildman–Crippen MR) is 433 cm³/mol. The maximum Gasteiger partial charge on any atom is 0.222 e. The fourth-order valence-electron chi connectivity index (χ4n) is 14.0. The number of carbonyl (C=O) groups excluding carboxylic acids is 1. The van der Waals surface area contributed by atoms with Gasteiger partial charge < -0.3 is 67.6 Å². The summed E-state index contributed by atoms with van der Waals surface area (Å²) < 4.78 is 34.2. The average Bonchev–Trinajstić information content (AvgIpc) is 1.81. The first kappa shape index (κ1) is 97.9. The standard InChI is InChI=1S/C13H27NO.C11H22N2O.2C11H23NO.2C10H21NO.C9H20N2.C9H19NO/c1-4-5-8-14-9-6-13(7-10-14)11-15-12(2)3;1-4-11(14)13-7-5-12(6-8-13)9-10(2)3;1-4-12-7-5-11(6-8-12)9-13-10(2)3;1-4-7-12-8-5-11(6-9-12)13-10(2)3;1-9(2)12-8-10-4-6-11(3)7-5-10;1-9(2)8-12-10-4-6-11(3)7-5-10;1-8(2)11-6-5-9(7-11)10(3)4;1-8(2)11-9-4-6-10(3)7-5-9/h12-13H,4-11H2,1-3H3;10H,4-9H2,1-3H3;2*10-11H,4-9H2,1-3H3;2*9-10H,4-8H2,1-3H3;8-9H,5-7H2,1-4H3;8-9H,4-7H2,1-3H3. The summed E-state index contributed by atoms with van der Waals surface area (Å²) in [6.45, 7) is 73.3. The van der Waals surface area contributed by atoms with Crippen molar-refractivity contribution in [3.8, 4) is 0 Å². The SMILES string of the molecule is CC(C)COC1CCN(C)CC1.CC(C)N1CCC(N(C)C)C1.CC(C)OC1CCN(C)CC1.CC(C)OCC1CCN(C)CC1.CCC(=O)N1CCN(CC(C)C)CC1.CCCCN1CCC(COC(C)C)CC1.CCCN1CCC(OC(C)C)CC1.CCN1CCC(COC(C)C)CC1. The van der Waals surface area contributed by atoms with Crippen molar-refractivity contribution in [3.63, 3.8) is 0 Å². The van der Waals surface area contributed by atoms with Gasteiger partial charge in [0.2, 0.25) is 5.91 Å². The normalized spacial score (nSPS) is 21.8. The van der Waals surface area contributed by atoms with E-state index in [1.807, 2.05) is 11.8 Å². The highest BCUT2D eigenvalue weighted by molar-refractivity contribution is 5.75. The van der Waals surface area contributed by atoms with E-state index in [4.69, 9.17) is 28.4 Å². The fourth-order valence-corrected chi connectivity index (χ4v) is 14.0. The van der Waals surface area contributed by atoms with Crippen LogP contribution in [0.2, 0.25) is 0 Å². The molecule has 0 aromatic heterocycles. The largest absolute Gasteiger partial charge is 0.379 e. The van der Waals surface area contributed by atoms with Gasteiger partial charge in [0.25, 0.3) is 0 Å². The molecular formula is C84H176N10O7. The van der Waals surface area contributed by atoms with Gasteiger partial charge in [0.1, 0.15) is 0 Å². The Labute approximate surface area is 628 Å². The number of amides is 1. The lowest BCUT2D eigenvalue weighted by Gasteiger charge is -2.35. The molecule has 0 aromatic rings. The van der Waals surface area contributed by atoms with E-state index in [9.17, 15) is 4.79 Å². The van der Waals surface area contributed by atoms with Crippen LogP contribution in [-0.2, 0) is 33.2 Å². The van der Waals surface area contributed by atoms with Crippen molar-refractivity contribution in [1.29, 1.82) is 0 Å². The Bertz CT molecular complexity index is 1790. The van der Waals surface area contributed by atoms with E-state index in [-0.39, 0.29) is 0 Å². The second kappa shape index (κ2) is 59.8. The van der Waals surface area contributed by atoms with Gasteiger partial charge in [-0.25, -0.2) is 0 Å². The van der Waals surface area contributed by atoms with Gasteiger partial charge in [-0.05, 0) is 303 Å². The van der Waals surface area contributed by atoms with Crippen molar-refractivity contribution >= 4 is 5.91 Å². The molecule has 17 heteroatoms. The highest BCUT2D eigenvalue weighted by Gasteiger charge is 2.27. The van der Waals surface area contributed by atoms with E-state index in [1.165, 1.54) is 214 Å². The molecule has 0 N–H and O–H groups in total. The van der Waals surface area contributed by atoms with Crippen LogP contribution >= 0.6 is 0 Å². The zero-order valence-electron chi connectivity index (χ0n) is 71.9. The molecule has 0 bridgehead atoms. The topological polar surface area (TPSA) is 105 Å². The molecule has 0 aromatic carbocycles. The second-order valence-electron chi connectivity index (χ2n) is 34.0. The minimum Gasteiger partial charge on any atom is -0.379 e. The molecule has 8 fully saturated rings. The quantitative estimate of drug-likeness (QED) is 0.0778. The van der Waals surface area contributed by atoms with Crippen LogP contribution in [0.4, 0.5) is 0 Å². The lowest BCUT2D eigenvalue weighted by molar-refractivity contribution is -0.132. The summed E-state index contributed by atoms with van der Waals surface area (Å²) in [4.78, 5) is 35.5. The molecule has 604 valence electrons. The summed E-state index contributed by atoms with van der Waals surface area (Å²) in [5, 5.41) is 0. The average molecular weight is 1440 g/mol. The van der Waals surface area contributed by atoms with Crippen molar-refractivity contribution < 1.29 is 33.2 Å². The molecule has 8 aliphatic heterocycles. The van der Waals surface area contributed by atoms with Crippen LogP contribution in [-0.4, -0.2) is 321 Å². The van der Waals surface area contributed by atoms with Crippen LogP contribution in [0.3, 0.4) is 0 Å². The number of likely N-dealkylation sites (N-methyl/N-ethyl adjacent to an activating group) is 1. The van der Waals surface area contributed by atoms with Crippen LogP contribution < -0.4 is 0 Å². The molecule has 8 heterocycles. The third kappa shape index (κ3) is 52.6. The first-order chi connectivity index (χ1) is 47.9. The van der Waals surface area contributed by atoms with Crippen molar-refractivity contribution in [3.05, 3.63) is 0 Å². The molecule has 1 unspecified atom stereocenters. The highest BCUT2D eigenvalue weighted by Crippen LogP contribution is 2.22. The molecule has 0 aliphatic carbocycles. The van der Waals surface area contributed by atoms with E-state index in [0.29, 0.717) is 67.1 Å². The maximum atomic E-state index is 11.4. The monoisotopic (exact) mass is 1440 g/mol. The molecule has 101 heavy (non-hydrogen) atoms. The lowest BCUT2D eigenvalue weighted by atomic mass is 9.97. The van der Waals surface area contributed by atoms with Crippen LogP contribution in [0.1, 0.15) is 248 Å². The van der Waals surface area contributed by atoms with Gasteiger partial charge in [-0.1, -0.05) is 61.8 Å². The van der Waals surface area contributed by atoms with Gasteiger partial charge in [-0.3, -0.25) is 14.6 Å². The Hall–Kier alpha value is -1.13. The van der Waals surface area contributed by atoms with Crippen molar-refractivity contribution in [2.24, 2.45) is 29.6 Å². The number of hydrogen-bond acceptors (Lipinski definition) is 16. The summed E-state index contributed by atoms with van der Waals surface area (Å²) in [6, 6.07) is 1.51. The van der Waals surface area contributed by atoms with E-state index in [1.54, 1.807) is 0 Å². The van der Waals surface area contributed by atoms with E-state index in [2.05, 4.69) is 211 Å². The summed E-state index contributed by atoms with van der Waals surface area (Å²) in [5.74, 6) is 4.13. The van der Waals surface area contributed by atoms with Gasteiger partial charge >= 0.3 is 0 Å². The van der Waals surface area contributed by atoms with Crippen LogP contribution in [0.25, 0.3) is 0 Å². The summed E-state index contributed by atoms with van der Waals surface area (Å²) in [5.41, 5.74) is 0. The van der Waals surface area contributed by atoms with E-state index >= 15 is 0 Å². The number of carbonyl (C=O) groups is 1. The first-order valence-electron chi connectivity index (χ1n) is 42.4. The number of hydrogen-bond donors (Lipinski definition) is 0. The molecule has 8 aliphatic rings. The van der Waals surface area contributed by atoms with Gasteiger partial charge in [-0.15, -0.1) is 0 Å².